The molecule has 0 radical (unpaired) electrons. The summed E-state index contributed by atoms with van der Waals surface area (Å²) in [5.74, 6) is 1.39. The Balaban J connectivity index is 1.78. The van der Waals surface area contributed by atoms with Crippen LogP contribution in [0.15, 0.2) is 42.6 Å². The van der Waals surface area contributed by atoms with Crippen molar-refractivity contribution < 1.29 is 9.66 Å². The number of hydrogen-bond acceptors (Lipinski definition) is 7. The predicted octanol–water partition coefficient (Wildman–Crippen LogP) is 4.60. The van der Waals surface area contributed by atoms with E-state index >= 15 is 0 Å². The third kappa shape index (κ3) is 3.80. The summed E-state index contributed by atoms with van der Waals surface area (Å²) in [5.41, 5.74) is 1.95. The van der Waals surface area contributed by atoms with E-state index in [1.165, 1.54) is 12.3 Å². The van der Waals surface area contributed by atoms with Crippen LogP contribution in [0.3, 0.4) is 0 Å². The van der Waals surface area contributed by atoms with Crippen LogP contribution in [-0.2, 0) is 0 Å². The van der Waals surface area contributed by atoms with Crippen molar-refractivity contribution in [2.75, 3.05) is 12.4 Å². The highest BCUT2D eigenvalue weighted by atomic mass is 32.1. The van der Waals surface area contributed by atoms with Crippen LogP contribution in [0.2, 0.25) is 0 Å². The number of pyridine rings is 1. The van der Waals surface area contributed by atoms with Gasteiger partial charge in [-0.25, -0.2) is 9.97 Å². The molecule has 3 rings (SSSR count). The number of nitrogens with zero attached hydrogens (tertiary/aromatic N) is 3. The third-order valence-corrected chi connectivity index (χ3v) is 5.28. The first kappa shape index (κ1) is 17.8. The Morgan fingerprint density at radius 2 is 1.96 bits per heavy atom. The molecule has 0 saturated heterocycles. The van der Waals surface area contributed by atoms with Crippen molar-refractivity contribution in [3.05, 3.63) is 63.3 Å². The molecule has 3 aromatic rings. The lowest BCUT2D eigenvalue weighted by molar-refractivity contribution is -0.385. The first-order valence-electron chi connectivity index (χ1n) is 7.96. The van der Waals surface area contributed by atoms with E-state index in [0.717, 1.165) is 26.9 Å². The summed E-state index contributed by atoms with van der Waals surface area (Å²) in [6, 6.07) is 10.8. The van der Waals surface area contributed by atoms with E-state index in [4.69, 9.17) is 4.74 Å². The van der Waals surface area contributed by atoms with Crippen LogP contribution in [0.5, 0.6) is 5.75 Å². The Morgan fingerprint density at radius 3 is 2.54 bits per heavy atom. The molecule has 1 aromatic carbocycles. The van der Waals surface area contributed by atoms with E-state index in [1.807, 2.05) is 38.1 Å². The van der Waals surface area contributed by atoms with Gasteiger partial charge < -0.3 is 10.1 Å². The molecule has 0 aliphatic rings. The van der Waals surface area contributed by atoms with Crippen LogP contribution in [0.25, 0.3) is 10.6 Å². The molecule has 134 valence electrons. The summed E-state index contributed by atoms with van der Waals surface area (Å²) in [4.78, 5) is 20.1. The molecule has 1 atom stereocenters. The van der Waals surface area contributed by atoms with Crippen molar-refractivity contribution in [2.45, 2.75) is 19.9 Å². The molecule has 1 N–H and O–H groups in total. The summed E-state index contributed by atoms with van der Waals surface area (Å²) in [7, 11) is 1.64. The number of nitrogens with one attached hydrogen (secondary N) is 1. The van der Waals surface area contributed by atoms with Crippen LogP contribution in [0.4, 0.5) is 11.5 Å². The van der Waals surface area contributed by atoms with Gasteiger partial charge in [0.1, 0.15) is 22.8 Å². The number of thiazole rings is 1. The molecule has 0 aliphatic carbocycles. The summed E-state index contributed by atoms with van der Waals surface area (Å²) in [6.45, 7) is 3.99. The topological polar surface area (TPSA) is 90.2 Å². The molecule has 0 fully saturated rings. The maximum absolute atomic E-state index is 10.7. The molecule has 26 heavy (non-hydrogen) atoms. The van der Waals surface area contributed by atoms with Crippen molar-refractivity contribution in [2.24, 2.45) is 0 Å². The Morgan fingerprint density at radius 1 is 1.23 bits per heavy atom. The SMILES string of the molecule is COc1ccc(-c2nc(C)c(C(C)Nc3ccc([N+](=O)[O-])cn3)s2)cc1. The van der Waals surface area contributed by atoms with Crippen molar-refractivity contribution in [1.29, 1.82) is 0 Å². The lowest BCUT2D eigenvalue weighted by Gasteiger charge is -2.13. The van der Waals surface area contributed by atoms with Crippen LogP contribution >= 0.6 is 11.3 Å². The fourth-order valence-electron chi connectivity index (χ4n) is 2.53. The molecule has 0 spiro atoms. The molecule has 7 nitrogen and oxygen atoms in total. The summed E-state index contributed by atoms with van der Waals surface area (Å²) >= 11 is 1.61. The normalized spacial score (nSPS) is 11.8. The van der Waals surface area contributed by atoms with Gasteiger partial charge in [-0.2, -0.15) is 0 Å². The third-order valence-electron chi connectivity index (χ3n) is 3.89. The number of rotatable bonds is 6. The Hall–Kier alpha value is -3.00. The zero-order valence-corrected chi connectivity index (χ0v) is 15.4. The number of anilines is 1. The molecule has 0 amide bonds. The van der Waals surface area contributed by atoms with Gasteiger partial charge in [-0.3, -0.25) is 10.1 Å². The smallest absolute Gasteiger partial charge is 0.287 e. The van der Waals surface area contributed by atoms with Gasteiger partial charge >= 0.3 is 0 Å². The van der Waals surface area contributed by atoms with Gasteiger partial charge in [0, 0.05) is 16.5 Å². The van der Waals surface area contributed by atoms with Gasteiger partial charge in [0.05, 0.1) is 23.8 Å². The van der Waals surface area contributed by atoms with Crippen molar-refractivity contribution in [1.82, 2.24) is 9.97 Å². The number of aryl methyl sites for hydroxylation is 1. The zero-order chi connectivity index (χ0) is 18.7. The van der Waals surface area contributed by atoms with E-state index < -0.39 is 4.92 Å². The summed E-state index contributed by atoms with van der Waals surface area (Å²) in [6.07, 6.45) is 1.25. The van der Waals surface area contributed by atoms with Crippen LogP contribution in [-0.4, -0.2) is 22.0 Å². The molecule has 2 aromatic heterocycles. The minimum Gasteiger partial charge on any atom is -0.497 e. The summed E-state index contributed by atoms with van der Waals surface area (Å²) in [5, 5.41) is 14.9. The van der Waals surface area contributed by atoms with E-state index in [1.54, 1.807) is 24.5 Å². The molecule has 8 heteroatoms. The van der Waals surface area contributed by atoms with Gasteiger partial charge in [0.15, 0.2) is 0 Å². The van der Waals surface area contributed by atoms with Gasteiger partial charge in [-0.15, -0.1) is 11.3 Å². The highest BCUT2D eigenvalue weighted by Gasteiger charge is 2.16. The van der Waals surface area contributed by atoms with Gasteiger partial charge in [0.25, 0.3) is 5.69 Å². The highest BCUT2D eigenvalue weighted by molar-refractivity contribution is 7.15. The van der Waals surface area contributed by atoms with Crippen LogP contribution in [0, 0.1) is 17.0 Å². The van der Waals surface area contributed by atoms with Crippen molar-refractivity contribution in [3.63, 3.8) is 0 Å². The largest absolute Gasteiger partial charge is 0.497 e. The van der Waals surface area contributed by atoms with Gasteiger partial charge in [-0.05, 0) is 44.2 Å². The Kier molecular flexibility index (Phi) is 5.13. The first-order chi connectivity index (χ1) is 12.5. The molecule has 0 aliphatic heterocycles. The zero-order valence-electron chi connectivity index (χ0n) is 14.6. The summed E-state index contributed by atoms with van der Waals surface area (Å²) < 4.78 is 5.19. The van der Waals surface area contributed by atoms with Gasteiger partial charge in [-0.1, -0.05) is 0 Å². The second-order valence-corrected chi connectivity index (χ2v) is 6.75. The lowest BCUT2D eigenvalue weighted by Crippen LogP contribution is -2.07. The van der Waals surface area contributed by atoms with Crippen LogP contribution in [0.1, 0.15) is 23.5 Å². The average molecular weight is 370 g/mol. The average Bonchev–Trinajstić information content (AvgIpc) is 3.04. The number of nitro groups is 1. The minimum absolute atomic E-state index is 0.0199. The second kappa shape index (κ2) is 7.49. The molecule has 2 heterocycles. The fraction of sp³-hybridized carbons (Fsp3) is 0.222. The van der Waals surface area contributed by atoms with Crippen LogP contribution < -0.4 is 10.1 Å². The Labute approximate surface area is 154 Å². The number of aromatic nitrogens is 2. The molecular weight excluding hydrogens is 352 g/mol. The van der Waals surface area contributed by atoms with E-state index in [-0.39, 0.29) is 11.7 Å². The predicted molar refractivity (Wildman–Crippen MR) is 102 cm³/mol. The fourth-order valence-corrected chi connectivity index (χ4v) is 3.61. The molecular formula is C18H18N4O3S. The lowest BCUT2D eigenvalue weighted by atomic mass is 10.2. The highest BCUT2D eigenvalue weighted by Crippen LogP contribution is 2.33. The minimum atomic E-state index is -0.464. The quantitative estimate of drug-likeness (QED) is 0.504. The van der Waals surface area contributed by atoms with E-state index in [0.29, 0.717) is 5.82 Å². The number of ether oxygens (including phenoxy) is 1. The maximum Gasteiger partial charge on any atom is 0.287 e. The Bertz CT molecular complexity index is 907. The number of benzene rings is 1. The van der Waals surface area contributed by atoms with Crippen molar-refractivity contribution >= 4 is 22.8 Å². The molecule has 0 saturated carbocycles. The van der Waals surface area contributed by atoms with E-state index in [9.17, 15) is 10.1 Å². The first-order valence-corrected chi connectivity index (χ1v) is 8.78. The second-order valence-electron chi connectivity index (χ2n) is 5.72. The van der Waals surface area contributed by atoms with Gasteiger partial charge in [0.2, 0.25) is 0 Å². The number of methoxy groups -OCH3 is 1. The van der Waals surface area contributed by atoms with Crippen molar-refractivity contribution in [3.8, 4) is 16.3 Å². The standard InChI is InChI=1S/C18H18N4O3S/c1-11(20-16-9-6-14(10-19-16)22(23)24)17-12(2)21-18(26-17)13-4-7-15(25-3)8-5-13/h4-11H,1-3H3,(H,19,20). The van der Waals surface area contributed by atoms with E-state index in [2.05, 4.69) is 15.3 Å². The monoisotopic (exact) mass is 370 g/mol. The molecule has 0 bridgehead atoms. The number of hydrogen-bond donors (Lipinski definition) is 1. The maximum atomic E-state index is 10.7. The molecule has 1 unspecified atom stereocenters.